The van der Waals surface area contributed by atoms with Gasteiger partial charge in [-0.3, -0.25) is 0 Å². The first-order valence-electron chi connectivity index (χ1n) is 5.21. The molecule has 0 radical (unpaired) electrons. The number of aromatic nitrogens is 1. The Morgan fingerprint density at radius 2 is 2.00 bits per heavy atom. The van der Waals surface area contributed by atoms with E-state index in [1.165, 1.54) is 11.3 Å². The molecule has 14 heavy (non-hydrogen) atoms. The van der Waals surface area contributed by atoms with Crippen molar-refractivity contribution in [2.45, 2.75) is 44.7 Å². The van der Waals surface area contributed by atoms with E-state index in [0.29, 0.717) is 6.42 Å². The Bertz CT molecular complexity index is 346. The number of alkyl halides is 1. The quantitative estimate of drug-likeness (QED) is 0.648. The predicted molar refractivity (Wildman–Crippen MR) is 56.4 cm³/mol. The highest BCUT2D eigenvalue weighted by Crippen LogP contribution is 2.46. The average molecular weight is 195 g/mol. The molecule has 2 rings (SSSR count). The zero-order chi connectivity index (χ0) is 10.5. The topological polar surface area (TPSA) is 4.93 Å². The van der Waals surface area contributed by atoms with Crippen molar-refractivity contribution in [3.63, 3.8) is 0 Å². The molecule has 78 valence electrons. The zero-order valence-electron chi connectivity index (χ0n) is 9.34. The molecule has 1 aromatic heterocycles. The third-order valence-electron chi connectivity index (χ3n) is 2.99. The lowest BCUT2D eigenvalue weighted by Crippen LogP contribution is -2.14. The van der Waals surface area contributed by atoms with Crippen LogP contribution in [0.3, 0.4) is 0 Å². The third kappa shape index (κ3) is 1.47. The van der Waals surface area contributed by atoms with Crippen molar-refractivity contribution in [1.29, 1.82) is 0 Å². The van der Waals surface area contributed by atoms with E-state index in [0.717, 1.165) is 0 Å². The van der Waals surface area contributed by atoms with Crippen molar-refractivity contribution < 1.29 is 4.39 Å². The van der Waals surface area contributed by atoms with Crippen LogP contribution in [-0.2, 0) is 12.5 Å². The molecule has 0 aliphatic heterocycles. The normalized spacial score (nSPS) is 26.6. The van der Waals surface area contributed by atoms with Crippen molar-refractivity contribution in [3.05, 3.63) is 23.5 Å². The summed E-state index contributed by atoms with van der Waals surface area (Å²) in [4.78, 5) is 0. The Balaban J connectivity index is 2.42. The maximum absolute atomic E-state index is 13.1. The van der Waals surface area contributed by atoms with Gasteiger partial charge in [-0.25, -0.2) is 4.39 Å². The first-order valence-corrected chi connectivity index (χ1v) is 5.21. The van der Waals surface area contributed by atoms with Crippen molar-refractivity contribution in [2.75, 3.05) is 0 Å². The third-order valence-corrected chi connectivity index (χ3v) is 2.99. The summed E-state index contributed by atoms with van der Waals surface area (Å²) in [6.45, 7) is 6.55. The van der Waals surface area contributed by atoms with Crippen LogP contribution >= 0.6 is 0 Å². The Hall–Kier alpha value is -0.790. The van der Waals surface area contributed by atoms with E-state index < -0.39 is 6.17 Å². The van der Waals surface area contributed by atoms with Gasteiger partial charge in [0.05, 0.1) is 0 Å². The zero-order valence-corrected chi connectivity index (χ0v) is 9.34. The minimum absolute atomic E-state index is 0.124. The van der Waals surface area contributed by atoms with Crippen LogP contribution in [0.2, 0.25) is 0 Å². The van der Waals surface area contributed by atoms with Crippen LogP contribution in [0.1, 0.15) is 44.4 Å². The van der Waals surface area contributed by atoms with Crippen LogP contribution in [0, 0.1) is 0 Å². The van der Waals surface area contributed by atoms with E-state index >= 15 is 0 Å². The van der Waals surface area contributed by atoms with Crippen molar-refractivity contribution >= 4 is 0 Å². The minimum atomic E-state index is -0.607. The summed E-state index contributed by atoms with van der Waals surface area (Å²) in [5, 5.41) is 0. The Labute approximate surface area is 84.9 Å². The van der Waals surface area contributed by atoms with E-state index in [1.54, 1.807) is 0 Å². The molecule has 2 unspecified atom stereocenters. The molecule has 0 bridgehead atoms. The summed E-state index contributed by atoms with van der Waals surface area (Å²) in [5.41, 5.74) is 2.62. The SMILES string of the molecule is Cn1ccc(C(C)(C)C)c1C1CC1F. The van der Waals surface area contributed by atoms with Gasteiger partial charge in [-0.05, 0) is 23.5 Å². The fourth-order valence-corrected chi connectivity index (χ4v) is 2.08. The summed E-state index contributed by atoms with van der Waals surface area (Å²) in [7, 11) is 2.01. The van der Waals surface area contributed by atoms with Gasteiger partial charge in [0.2, 0.25) is 0 Å². The van der Waals surface area contributed by atoms with Gasteiger partial charge in [0, 0.05) is 24.9 Å². The molecule has 1 aliphatic carbocycles. The highest BCUT2D eigenvalue weighted by molar-refractivity contribution is 5.35. The standard InChI is InChI=1S/C12H18FN/c1-12(2,3)9-5-6-14(4)11(9)8-7-10(8)13/h5-6,8,10H,7H2,1-4H3. The Morgan fingerprint density at radius 1 is 1.43 bits per heavy atom. The molecule has 0 N–H and O–H groups in total. The van der Waals surface area contributed by atoms with E-state index in [2.05, 4.69) is 31.4 Å². The maximum Gasteiger partial charge on any atom is 0.109 e. The average Bonchev–Trinajstić information content (AvgIpc) is 2.58. The summed E-state index contributed by atoms with van der Waals surface area (Å²) < 4.78 is 15.1. The lowest BCUT2D eigenvalue weighted by atomic mass is 9.86. The van der Waals surface area contributed by atoms with E-state index in [4.69, 9.17) is 0 Å². The van der Waals surface area contributed by atoms with Gasteiger partial charge in [0.1, 0.15) is 6.17 Å². The summed E-state index contributed by atoms with van der Waals surface area (Å²) >= 11 is 0. The molecule has 1 nitrogen and oxygen atoms in total. The second-order valence-electron chi connectivity index (χ2n) is 5.33. The monoisotopic (exact) mass is 195 g/mol. The molecule has 0 aromatic carbocycles. The minimum Gasteiger partial charge on any atom is -0.354 e. The summed E-state index contributed by atoms with van der Waals surface area (Å²) in [6.07, 6.45) is 2.15. The van der Waals surface area contributed by atoms with Crippen LogP contribution in [0.4, 0.5) is 4.39 Å². The lowest BCUT2D eigenvalue weighted by molar-refractivity contribution is 0.462. The Kier molecular flexibility index (Phi) is 1.98. The number of nitrogens with zero attached hydrogens (tertiary/aromatic N) is 1. The second kappa shape index (κ2) is 2.85. The molecule has 0 saturated heterocycles. The van der Waals surface area contributed by atoms with E-state index in [9.17, 15) is 4.39 Å². The molecule has 0 spiro atoms. The van der Waals surface area contributed by atoms with Gasteiger partial charge < -0.3 is 4.57 Å². The molecule has 1 aliphatic rings. The molecule has 1 fully saturated rings. The Morgan fingerprint density at radius 3 is 2.43 bits per heavy atom. The van der Waals surface area contributed by atoms with Gasteiger partial charge in [0.25, 0.3) is 0 Å². The van der Waals surface area contributed by atoms with Crippen LogP contribution in [0.15, 0.2) is 12.3 Å². The van der Waals surface area contributed by atoms with Crippen molar-refractivity contribution in [2.24, 2.45) is 7.05 Å². The van der Waals surface area contributed by atoms with E-state index in [1.807, 2.05) is 13.2 Å². The van der Waals surface area contributed by atoms with Crippen LogP contribution in [0.5, 0.6) is 0 Å². The van der Waals surface area contributed by atoms with Crippen molar-refractivity contribution in [3.8, 4) is 0 Å². The molecule has 1 saturated carbocycles. The first kappa shape index (κ1) is 9.75. The lowest BCUT2D eigenvalue weighted by Gasteiger charge is -2.20. The largest absolute Gasteiger partial charge is 0.354 e. The number of halogens is 1. The fraction of sp³-hybridized carbons (Fsp3) is 0.667. The summed E-state index contributed by atoms with van der Waals surface area (Å²) in [5.74, 6) is 0.157. The van der Waals surface area contributed by atoms with Gasteiger partial charge in [-0.1, -0.05) is 20.8 Å². The molecule has 1 aromatic rings. The number of rotatable bonds is 1. The molecule has 1 heterocycles. The highest BCUT2D eigenvalue weighted by atomic mass is 19.1. The molecular formula is C12H18FN. The second-order valence-corrected chi connectivity index (χ2v) is 5.33. The number of aryl methyl sites for hydroxylation is 1. The van der Waals surface area contributed by atoms with Crippen LogP contribution in [0.25, 0.3) is 0 Å². The van der Waals surface area contributed by atoms with Crippen molar-refractivity contribution in [1.82, 2.24) is 4.57 Å². The summed E-state index contributed by atoms with van der Waals surface area (Å²) in [6, 6.07) is 2.13. The van der Waals surface area contributed by atoms with Gasteiger partial charge in [-0.2, -0.15) is 0 Å². The molecule has 2 heteroatoms. The van der Waals surface area contributed by atoms with Gasteiger partial charge >= 0.3 is 0 Å². The van der Waals surface area contributed by atoms with E-state index in [-0.39, 0.29) is 11.3 Å². The fourth-order valence-electron chi connectivity index (χ4n) is 2.08. The molecule has 2 atom stereocenters. The molecular weight excluding hydrogens is 177 g/mol. The predicted octanol–water partition coefficient (Wildman–Crippen LogP) is 3.15. The van der Waals surface area contributed by atoms with Gasteiger partial charge in [-0.15, -0.1) is 0 Å². The number of hydrogen-bond acceptors (Lipinski definition) is 0. The number of hydrogen-bond donors (Lipinski definition) is 0. The van der Waals surface area contributed by atoms with Crippen LogP contribution in [-0.4, -0.2) is 10.7 Å². The smallest absolute Gasteiger partial charge is 0.109 e. The maximum atomic E-state index is 13.1. The molecule has 0 amide bonds. The van der Waals surface area contributed by atoms with Gasteiger partial charge in [0.15, 0.2) is 0 Å². The highest BCUT2D eigenvalue weighted by Gasteiger charge is 2.42. The first-order chi connectivity index (χ1) is 6.41. The van der Waals surface area contributed by atoms with Crippen LogP contribution < -0.4 is 0 Å².